The second kappa shape index (κ2) is 62.3. The van der Waals surface area contributed by atoms with Crippen LogP contribution >= 0.6 is 33.3 Å². The minimum atomic E-state index is -1.84. The molecule has 2 saturated heterocycles. The van der Waals surface area contributed by atoms with E-state index >= 15 is 0 Å². The molecule has 20 N–H and O–H groups in total. The van der Waals surface area contributed by atoms with Gasteiger partial charge >= 0.3 is 5.97 Å². The summed E-state index contributed by atoms with van der Waals surface area (Å²) < 4.78 is 53.8. The third kappa shape index (κ3) is 48.7. The van der Waals surface area contributed by atoms with Crippen molar-refractivity contribution in [1.82, 2.24) is 69.1 Å². The second-order valence-corrected chi connectivity index (χ2v) is 27.6. The number of rotatable bonds is 53. The second-order valence-electron chi connectivity index (χ2n) is 24.1. The summed E-state index contributed by atoms with van der Waals surface area (Å²) in [5.41, 5.74) is 11.3. The summed E-state index contributed by atoms with van der Waals surface area (Å²) in [7, 11) is 1.39. The lowest BCUT2D eigenvalue weighted by atomic mass is 10.0. The third-order valence-electron chi connectivity index (χ3n) is 14.9. The molecule has 0 aromatic heterocycles. The molecular weight excluding hydrogens is 1550 g/mol. The smallest absolute Gasteiger partial charge is 0.305 e. The van der Waals surface area contributed by atoms with Crippen LogP contribution in [-0.2, 0) is 131 Å². The summed E-state index contributed by atoms with van der Waals surface area (Å²) in [5.74, 6) is -9.00. The van der Waals surface area contributed by atoms with E-state index in [4.69, 9.17) is 64.7 Å². The molecule has 1 aromatic rings. The Labute approximate surface area is 659 Å². The summed E-state index contributed by atoms with van der Waals surface area (Å²) in [4.78, 5) is 203. The van der Waals surface area contributed by atoms with Gasteiger partial charge in [0, 0.05) is 50.7 Å². The van der Waals surface area contributed by atoms with Crippen molar-refractivity contribution in [3.8, 4) is 0 Å². The fourth-order valence-corrected chi connectivity index (χ4v) is 12.7. The molecule has 0 aliphatic carbocycles. The zero-order valence-corrected chi connectivity index (χ0v) is 64.8. The number of carboxylic acid groups (broad SMARTS) is 1. The predicted molar refractivity (Wildman–Crippen MR) is 401 cm³/mol. The lowest BCUT2D eigenvalue weighted by molar-refractivity contribution is -0.141. The van der Waals surface area contributed by atoms with E-state index in [1.165, 1.54) is 0 Å². The Hall–Kier alpha value is -8.20. The molecular formula is C66H108N16O27S3. The number of hydrogen-bond donors (Lipinski definition) is 17. The Bertz CT molecular complexity index is 3040. The fraction of sp³-hybridized carbons (Fsp3) is 0.682. The Morgan fingerprint density at radius 3 is 1.45 bits per heavy atom. The van der Waals surface area contributed by atoms with Crippen molar-refractivity contribution in [2.75, 3.05) is 202 Å². The van der Waals surface area contributed by atoms with Crippen molar-refractivity contribution in [1.29, 1.82) is 0 Å². The minimum absolute atomic E-state index is 0.0324. The first-order chi connectivity index (χ1) is 54.1. The monoisotopic (exact) mass is 1650 g/mol. The van der Waals surface area contributed by atoms with Crippen molar-refractivity contribution >= 4 is 122 Å². The maximum absolute atomic E-state index is 14.7. The van der Waals surface area contributed by atoms with Crippen molar-refractivity contribution in [2.24, 2.45) is 17.4 Å². The first-order valence-corrected chi connectivity index (χ1v) is 39.5. The highest BCUT2D eigenvalue weighted by Gasteiger charge is 2.36. The van der Waals surface area contributed by atoms with E-state index < -0.39 is 169 Å². The maximum Gasteiger partial charge on any atom is 0.305 e. The van der Waals surface area contributed by atoms with Crippen LogP contribution in [0.4, 0.5) is 0 Å². The predicted octanol–water partition coefficient (Wildman–Crippen LogP) is -8.66. The number of fused-ring (bicyclic) bond motifs is 4. The fourth-order valence-electron chi connectivity index (χ4n) is 9.46. The van der Waals surface area contributed by atoms with Gasteiger partial charge in [0.2, 0.25) is 76.8 Å². The van der Waals surface area contributed by atoms with Gasteiger partial charge in [-0.05, 0) is 44.2 Å². The SMILES string of the molecule is NCCC[C@@H]1NC(=O)[C@H]2NC(=O)[C@H](CCCCNC(=O)COCC(=O)NCCOCCOCCOCCOCCOCCNC(=O)CON)NC(=O)CSC[C@@H](C(=O)NCCOCCOCCOCCNC(=O)COCC(N)=O)NC(=O)[C@H](Cc3ccccc3)NC(=O)[C@H](CSS2)NC(=O)[C@H](CC(=O)O)NC(=O)CNC1=O. The normalized spacial score (nSPS) is 19.1. The van der Waals surface area contributed by atoms with Gasteiger partial charge in [-0.2, -0.15) is 0 Å². The highest BCUT2D eigenvalue weighted by molar-refractivity contribution is 8.77. The number of benzene rings is 1. The van der Waals surface area contributed by atoms with Gasteiger partial charge in [-0.15, -0.1) is 11.8 Å². The molecule has 112 heavy (non-hydrogen) atoms. The lowest BCUT2D eigenvalue weighted by Crippen LogP contribution is -2.60. The van der Waals surface area contributed by atoms with E-state index in [2.05, 4.69) is 74.0 Å². The van der Waals surface area contributed by atoms with Gasteiger partial charge in [-0.3, -0.25) is 76.8 Å². The maximum atomic E-state index is 14.7. The van der Waals surface area contributed by atoms with Gasteiger partial charge in [-0.25, -0.2) is 5.90 Å². The van der Waals surface area contributed by atoms with Gasteiger partial charge in [0.05, 0.1) is 124 Å². The summed E-state index contributed by atoms with van der Waals surface area (Å²) in [6.45, 7) is 1.62. The molecule has 0 radical (unpaired) electrons. The molecule has 2 heterocycles. The molecule has 1 aromatic carbocycles. The number of nitrogens with two attached hydrogens (primary N) is 3. The van der Waals surface area contributed by atoms with E-state index in [1.54, 1.807) is 30.3 Å². The van der Waals surface area contributed by atoms with E-state index in [9.17, 15) is 77.0 Å². The molecule has 632 valence electrons. The van der Waals surface area contributed by atoms with E-state index in [0.717, 1.165) is 22.6 Å². The number of ether oxygens (including phenoxy) is 10. The van der Waals surface area contributed by atoms with Crippen LogP contribution in [0.2, 0.25) is 0 Å². The number of thioether (sulfide) groups is 1. The summed E-state index contributed by atoms with van der Waals surface area (Å²) >= 11 is 0.873. The quantitative estimate of drug-likeness (QED) is 0.0164. The molecule has 2 bridgehead atoms. The molecule has 46 heteroatoms. The van der Waals surface area contributed by atoms with Crippen LogP contribution in [-0.4, -0.2) is 337 Å². The lowest BCUT2D eigenvalue weighted by Gasteiger charge is -2.27. The van der Waals surface area contributed by atoms with Crippen LogP contribution in [0.3, 0.4) is 0 Å². The molecule has 2 aliphatic rings. The summed E-state index contributed by atoms with van der Waals surface area (Å²) in [6, 6.07) is -0.945. The zero-order valence-electron chi connectivity index (χ0n) is 62.3. The standard InChI is InChI=1S/C66H108N16O27S3/c67-11-6-10-45-59(92)75-35-52(84)77-48(34-58(90)91)63(96)81-50-42-111-112-66(65(98)78-45)82-61(94)46(9-4-5-12-70-53(85)38-108-39-55(87)72-14-18-100-22-26-104-29-31-106-32-30-105-27-23-101-19-15-73-56(88)40-109-69)76-57(89)43-110-41-49(80-62(95)47(79-64(50)97)33-44-7-2-1-3-8-44)60(93)74-16-20-102-24-28-103-25-21-99-17-13-71-54(86)37-107-36-51(68)83/h1-3,7-8,45-50,66H,4-6,9-43,67,69H2,(H2,68,83)(H,70,85)(H,71,86)(H,72,87)(H,73,88)(H,74,93)(H,75,92)(H,76,89)(H,77,84)(H,78,98)(H,79,97)(H,80,95)(H,81,96)(H,82,94)(H,90,91)/t45-,46-,47-,48-,49-,50-,66-/m0/s1. The van der Waals surface area contributed by atoms with E-state index in [0.29, 0.717) is 69.2 Å². The first kappa shape index (κ1) is 98.0. The largest absolute Gasteiger partial charge is 0.481 e. The topological polar surface area (TPSA) is 612 Å². The molecule has 7 atom stereocenters. The Kier molecular flexibility index (Phi) is 54.5. The van der Waals surface area contributed by atoms with E-state index in [-0.39, 0.29) is 156 Å². The highest BCUT2D eigenvalue weighted by atomic mass is 33.1. The van der Waals surface area contributed by atoms with Crippen LogP contribution in [0.25, 0.3) is 0 Å². The molecule has 43 nitrogen and oxygen atoms in total. The average molecular weight is 1650 g/mol. The van der Waals surface area contributed by atoms with Crippen LogP contribution in [0, 0.1) is 0 Å². The molecule has 14 amide bonds. The van der Waals surface area contributed by atoms with E-state index in [1.807, 2.05) is 0 Å². The number of aliphatic carboxylic acids is 1. The number of carboxylic acids is 1. The van der Waals surface area contributed by atoms with Gasteiger partial charge in [-0.1, -0.05) is 51.9 Å². The summed E-state index contributed by atoms with van der Waals surface area (Å²) in [6.07, 6.45) is -0.887. The van der Waals surface area contributed by atoms with Crippen molar-refractivity contribution in [3.05, 3.63) is 35.9 Å². The summed E-state index contributed by atoms with van der Waals surface area (Å²) in [5, 5.41) is 41.5. The van der Waals surface area contributed by atoms with Crippen LogP contribution in [0.1, 0.15) is 44.1 Å². The molecule has 3 rings (SSSR count). The Morgan fingerprint density at radius 2 is 0.920 bits per heavy atom. The van der Waals surface area contributed by atoms with Crippen LogP contribution in [0.5, 0.6) is 0 Å². The van der Waals surface area contributed by atoms with Crippen LogP contribution < -0.4 is 86.5 Å². The zero-order chi connectivity index (χ0) is 81.8. The van der Waals surface area contributed by atoms with Crippen molar-refractivity contribution in [2.45, 2.75) is 86.6 Å². The van der Waals surface area contributed by atoms with Crippen molar-refractivity contribution in [3.63, 3.8) is 0 Å². The van der Waals surface area contributed by atoms with Gasteiger partial charge in [0.25, 0.3) is 5.91 Å². The Balaban J connectivity index is 1.71. The number of carbonyl (C=O) groups is 15. The minimum Gasteiger partial charge on any atom is -0.481 e. The number of carbonyl (C=O) groups excluding carboxylic acids is 14. The molecule has 0 spiro atoms. The number of unbranched alkanes of at least 4 members (excludes halogenated alkanes) is 1. The van der Waals surface area contributed by atoms with Gasteiger partial charge in [0.15, 0.2) is 5.37 Å². The third-order valence-corrected chi connectivity index (χ3v) is 18.5. The molecule has 2 aliphatic heterocycles. The number of amides is 14. The number of primary amides is 1. The molecule has 0 saturated carbocycles. The number of hydrogen-bond acceptors (Lipinski definition) is 31. The number of nitrogens with one attached hydrogen (secondary N) is 13. The molecule has 0 unspecified atom stereocenters. The van der Waals surface area contributed by atoms with Crippen LogP contribution in [0.15, 0.2) is 30.3 Å². The van der Waals surface area contributed by atoms with Gasteiger partial charge in [0.1, 0.15) is 69.3 Å². The average Bonchev–Trinajstić information content (AvgIpc) is 1.02. The highest BCUT2D eigenvalue weighted by Crippen LogP contribution is 2.28. The first-order valence-electron chi connectivity index (χ1n) is 36.0. The molecule has 2 fully saturated rings. The Morgan fingerprint density at radius 1 is 0.455 bits per heavy atom. The van der Waals surface area contributed by atoms with Crippen molar-refractivity contribution < 1.29 is 129 Å². The van der Waals surface area contributed by atoms with Gasteiger partial charge < -0.3 is 133 Å².